The molecule has 1 saturated heterocycles. The van der Waals surface area contributed by atoms with E-state index >= 15 is 0 Å². The van der Waals surface area contributed by atoms with E-state index in [-0.39, 0.29) is 17.3 Å². The largest absolute Gasteiger partial charge is 0.497 e. The molecule has 2 aromatic carbocycles. The summed E-state index contributed by atoms with van der Waals surface area (Å²) in [6.45, 7) is 0.627. The monoisotopic (exact) mass is 434 g/mol. The molecule has 0 bridgehead atoms. The van der Waals surface area contributed by atoms with Crippen molar-refractivity contribution in [2.75, 3.05) is 39.8 Å². The summed E-state index contributed by atoms with van der Waals surface area (Å²) in [5.41, 5.74) is 1.14. The molecule has 0 N–H and O–H groups in total. The van der Waals surface area contributed by atoms with Gasteiger partial charge in [0.1, 0.15) is 17.2 Å². The second-order valence-corrected chi connectivity index (χ2v) is 8.97. The van der Waals surface area contributed by atoms with Crippen LogP contribution in [0.5, 0.6) is 17.2 Å². The minimum absolute atomic E-state index is 0.0441. The van der Waals surface area contributed by atoms with Gasteiger partial charge in [-0.3, -0.25) is 4.79 Å². The third-order valence-electron chi connectivity index (χ3n) is 5.10. The van der Waals surface area contributed by atoms with E-state index in [1.165, 1.54) is 37.7 Å². The number of benzene rings is 2. The van der Waals surface area contributed by atoms with E-state index in [9.17, 15) is 13.2 Å². The molecule has 3 rings (SSSR count). The number of ether oxygens (including phenoxy) is 3. The summed E-state index contributed by atoms with van der Waals surface area (Å²) in [4.78, 5) is 13.9. The third-order valence-corrected chi connectivity index (χ3v) is 6.90. The molecule has 2 aromatic rings. The highest BCUT2D eigenvalue weighted by Crippen LogP contribution is 2.35. The van der Waals surface area contributed by atoms with Gasteiger partial charge >= 0.3 is 0 Å². The lowest BCUT2D eigenvalue weighted by Gasteiger charge is -2.22. The third kappa shape index (κ3) is 4.22. The van der Waals surface area contributed by atoms with Crippen molar-refractivity contribution in [1.29, 1.82) is 0 Å². The lowest BCUT2D eigenvalue weighted by atomic mass is 10.2. The number of amides is 1. The second-order valence-electron chi connectivity index (χ2n) is 6.92. The molecule has 0 saturated carbocycles. The number of methoxy groups -OCH3 is 3. The lowest BCUT2D eigenvalue weighted by Crippen LogP contribution is -2.28. The smallest absolute Gasteiger partial charge is 0.243 e. The van der Waals surface area contributed by atoms with Gasteiger partial charge in [0, 0.05) is 32.1 Å². The number of sulfonamides is 1. The molecule has 0 aliphatic carbocycles. The number of carbonyl (C=O) groups excluding carboxylic acids is 1. The summed E-state index contributed by atoms with van der Waals surface area (Å²) in [6.07, 6.45) is 1.17. The second kappa shape index (κ2) is 8.93. The van der Waals surface area contributed by atoms with Crippen LogP contribution >= 0.6 is 0 Å². The molecule has 1 aliphatic heterocycles. The molecule has 1 amide bonds. The maximum Gasteiger partial charge on any atom is 0.243 e. The molecule has 1 fully saturated rings. The van der Waals surface area contributed by atoms with E-state index < -0.39 is 10.0 Å². The topological polar surface area (TPSA) is 85.4 Å². The Bertz CT molecular complexity index is 1040. The number of hydrogen-bond donors (Lipinski definition) is 0. The molecule has 0 unspecified atom stereocenters. The van der Waals surface area contributed by atoms with Gasteiger partial charge in [-0.2, -0.15) is 4.31 Å². The highest BCUT2D eigenvalue weighted by atomic mass is 32.2. The van der Waals surface area contributed by atoms with Gasteiger partial charge in [0.25, 0.3) is 0 Å². The van der Waals surface area contributed by atoms with Crippen molar-refractivity contribution in [3.05, 3.63) is 42.0 Å². The van der Waals surface area contributed by atoms with Gasteiger partial charge in [-0.05, 0) is 42.8 Å². The Morgan fingerprint density at radius 3 is 2.30 bits per heavy atom. The average molecular weight is 435 g/mol. The summed E-state index contributed by atoms with van der Waals surface area (Å²) < 4.78 is 43.7. The van der Waals surface area contributed by atoms with E-state index in [1.54, 1.807) is 36.3 Å². The first kappa shape index (κ1) is 21.9. The summed E-state index contributed by atoms with van der Waals surface area (Å²) in [5, 5.41) is 0. The Hall–Kier alpha value is -2.78. The zero-order valence-electron chi connectivity index (χ0n) is 17.5. The minimum atomic E-state index is -3.83. The Labute approximate surface area is 177 Å². The molecule has 1 aliphatic rings. The number of nitrogens with zero attached hydrogens (tertiary/aromatic N) is 2. The van der Waals surface area contributed by atoms with Crippen molar-refractivity contribution >= 4 is 21.6 Å². The van der Waals surface area contributed by atoms with Crippen LogP contribution in [-0.4, -0.2) is 53.6 Å². The minimum Gasteiger partial charge on any atom is -0.497 e. The van der Waals surface area contributed by atoms with Crippen LogP contribution in [-0.2, 0) is 21.4 Å². The standard InChI is InChI=1S/C21H26N2O6S/c1-22(14-15-12-16(27-2)7-9-19(15)28-3)30(25,26)17-8-10-20(29-4)18(13-17)23-11-5-6-21(23)24/h7-10,12-13H,5-6,11,14H2,1-4H3. The Morgan fingerprint density at radius 1 is 1.00 bits per heavy atom. The molecule has 8 nitrogen and oxygen atoms in total. The van der Waals surface area contributed by atoms with Crippen LogP contribution < -0.4 is 19.1 Å². The van der Waals surface area contributed by atoms with Crippen LogP contribution in [0.4, 0.5) is 5.69 Å². The van der Waals surface area contributed by atoms with Crippen LogP contribution in [0.2, 0.25) is 0 Å². The predicted octanol–water partition coefficient (Wildman–Crippen LogP) is 2.66. The van der Waals surface area contributed by atoms with Gasteiger partial charge in [-0.1, -0.05) is 0 Å². The first-order valence-corrected chi connectivity index (χ1v) is 10.9. The van der Waals surface area contributed by atoms with Crippen molar-refractivity contribution < 1.29 is 27.4 Å². The van der Waals surface area contributed by atoms with E-state index in [0.717, 1.165) is 6.42 Å². The fourth-order valence-corrected chi connectivity index (χ4v) is 4.62. The van der Waals surface area contributed by atoms with E-state index in [0.29, 0.717) is 41.5 Å². The first-order chi connectivity index (χ1) is 14.3. The summed E-state index contributed by atoms with van der Waals surface area (Å²) in [6, 6.07) is 9.79. The highest BCUT2D eigenvalue weighted by molar-refractivity contribution is 7.89. The lowest BCUT2D eigenvalue weighted by molar-refractivity contribution is -0.117. The molecular weight excluding hydrogens is 408 g/mol. The molecule has 30 heavy (non-hydrogen) atoms. The van der Waals surface area contributed by atoms with Crippen molar-refractivity contribution in [1.82, 2.24) is 4.31 Å². The number of rotatable bonds is 8. The van der Waals surface area contributed by atoms with Crippen LogP contribution in [0.15, 0.2) is 41.3 Å². The van der Waals surface area contributed by atoms with Gasteiger partial charge in [-0.25, -0.2) is 8.42 Å². The zero-order chi connectivity index (χ0) is 21.9. The van der Waals surface area contributed by atoms with Crippen molar-refractivity contribution in [2.45, 2.75) is 24.3 Å². The molecule has 1 heterocycles. The van der Waals surface area contributed by atoms with Gasteiger partial charge in [-0.15, -0.1) is 0 Å². The Kier molecular flexibility index (Phi) is 6.52. The molecule has 0 atom stereocenters. The normalized spacial score (nSPS) is 14.3. The quantitative estimate of drug-likeness (QED) is 0.635. The van der Waals surface area contributed by atoms with Gasteiger partial charge in [0.05, 0.1) is 31.9 Å². The molecular formula is C21H26N2O6S. The fraction of sp³-hybridized carbons (Fsp3) is 0.381. The Balaban J connectivity index is 1.94. The summed E-state index contributed by atoms with van der Waals surface area (Å²) in [7, 11) is 2.24. The average Bonchev–Trinajstić information content (AvgIpc) is 3.18. The highest BCUT2D eigenvalue weighted by Gasteiger charge is 2.28. The Morgan fingerprint density at radius 2 is 1.70 bits per heavy atom. The van der Waals surface area contributed by atoms with Crippen LogP contribution in [0, 0.1) is 0 Å². The molecule has 0 aromatic heterocycles. The van der Waals surface area contributed by atoms with Crippen LogP contribution in [0.1, 0.15) is 18.4 Å². The first-order valence-electron chi connectivity index (χ1n) is 9.47. The molecule has 0 spiro atoms. The van der Waals surface area contributed by atoms with Crippen molar-refractivity contribution in [3.63, 3.8) is 0 Å². The summed E-state index contributed by atoms with van der Waals surface area (Å²) in [5.74, 6) is 1.59. The van der Waals surface area contributed by atoms with Crippen LogP contribution in [0.3, 0.4) is 0 Å². The van der Waals surface area contributed by atoms with Gasteiger partial charge in [0.15, 0.2) is 0 Å². The molecule has 162 valence electrons. The molecule has 0 radical (unpaired) electrons. The zero-order valence-corrected chi connectivity index (χ0v) is 18.4. The number of hydrogen-bond acceptors (Lipinski definition) is 6. The van der Waals surface area contributed by atoms with Crippen molar-refractivity contribution in [3.8, 4) is 17.2 Å². The fourth-order valence-electron chi connectivity index (χ4n) is 3.45. The maximum atomic E-state index is 13.2. The SMILES string of the molecule is COc1ccc(OC)c(CN(C)S(=O)(=O)c2ccc(OC)c(N3CCCC3=O)c2)c1. The number of carbonyl (C=O) groups is 1. The van der Waals surface area contributed by atoms with E-state index in [2.05, 4.69) is 0 Å². The number of anilines is 1. The predicted molar refractivity (Wildman–Crippen MR) is 113 cm³/mol. The molecule has 9 heteroatoms. The van der Waals surface area contributed by atoms with Gasteiger partial charge < -0.3 is 19.1 Å². The van der Waals surface area contributed by atoms with E-state index in [4.69, 9.17) is 14.2 Å². The van der Waals surface area contributed by atoms with Gasteiger partial charge in [0.2, 0.25) is 15.9 Å². The van der Waals surface area contributed by atoms with E-state index in [1.807, 2.05) is 0 Å². The maximum absolute atomic E-state index is 13.2. The summed E-state index contributed by atoms with van der Waals surface area (Å²) >= 11 is 0. The van der Waals surface area contributed by atoms with Crippen molar-refractivity contribution in [2.24, 2.45) is 0 Å². The van der Waals surface area contributed by atoms with Crippen LogP contribution in [0.25, 0.3) is 0 Å².